The Balaban J connectivity index is 1.77. The second-order valence-corrected chi connectivity index (χ2v) is 6.03. The zero-order valence-corrected chi connectivity index (χ0v) is 14.6. The van der Waals surface area contributed by atoms with Crippen molar-refractivity contribution in [2.75, 3.05) is 6.54 Å². The first-order valence-electron chi connectivity index (χ1n) is 8.37. The van der Waals surface area contributed by atoms with Gasteiger partial charge < -0.3 is 14.9 Å². The second-order valence-electron chi connectivity index (χ2n) is 6.03. The maximum absolute atomic E-state index is 12.0. The van der Waals surface area contributed by atoms with Gasteiger partial charge in [0.05, 0.1) is 6.33 Å². The van der Waals surface area contributed by atoms with Gasteiger partial charge in [-0.15, -0.1) is 0 Å². The van der Waals surface area contributed by atoms with Crippen LogP contribution in [0.1, 0.15) is 41.6 Å². The molecular formula is C18H23N5O2. The Hall–Kier alpha value is -2.88. The number of unbranched alkanes of at least 4 members (excludes halogenated alkanes) is 1. The van der Waals surface area contributed by atoms with Crippen molar-refractivity contribution < 1.29 is 4.79 Å². The third-order valence-corrected chi connectivity index (χ3v) is 4.25. The topological polar surface area (TPSA) is 104 Å². The Morgan fingerprint density at radius 1 is 1.40 bits per heavy atom. The van der Waals surface area contributed by atoms with Crippen molar-refractivity contribution >= 4 is 5.91 Å². The standard InChI is InChI=1S/C18H23N5O2/c1-13-15(14(2)22-18(25)16(13)11-19)5-6-17(24)21-7-3-4-9-23-10-8-20-12-23/h8,10,12H,3-7,9H2,1-2H3,(H,21,24)(H,22,25). The number of hydrogen-bond donors (Lipinski definition) is 2. The monoisotopic (exact) mass is 341 g/mol. The summed E-state index contributed by atoms with van der Waals surface area (Å²) in [5.41, 5.74) is 2.00. The summed E-state index contributed by atoms with van der Waals surface area (Å²) in [4.78, 5) is 30.4. The van der Waals surface area contributed by atoms with E-state index in [2.05, 4.69) is 15.3 Å². The summed E-state index contributed by atoms with van der Waals surface area (Å²) < 4.78 is 2.01. The van der Waals surface area contributed by atoms with Crippen molar-refractivity contribution in [3.05, 3.63) is 51.5 Å². The van der Waals surface area contributed by atoms with E-state index in [4.69, 9.17) is 5.26 Å². The number of aromatic nitrogens is 3. The summed E-state index contributed by atoms with van der Waals surface area (Å²) in [6.07, 6.45) is 8.16. The molecule has 0 fully saturated rings. The van der Waals surface area contributed by atoms with Crippen LogP contribution in [0.25, 0.3) is 0 Å². The smallest absolute Gasteiger partial charge is 0.266 e. The number of carbonyl (C=O) groups is 1. The normalized spacial score (nSPS) is 10.4. The van der Waals surface area contributed by atoms with Crippen molar-refractivity contribution in [3.63, 3.8) is 0 Å². The van der Waals surface area contributed by atoms with Gasteiger partial charge in [-0.05, 0) is 44.2 Å². The van der Waals surface area contributed by atoms with E-state index in [0.29, 0.717) is 24.9 Å². The van der Waals surface area contributed by atoms with Crippen LogP contribution >= 0.6 is 0 Å². The van der Waals surface area contributed by atoms with E-state index in [1.165, 1.54) is 0 Å². The van der Waals surface area contributed by atoms with Crippen LogP contribution < -0.4 is 10.9 Å². The van der Waals surface area contributed by atoms with Crippen molar-refractivity contribution in [1.82, 2.24) is 19.9 Å². The highest BCUT2D eigenvalue weighted by molar-refractivity contribution is 5.76. The first-order valence-corrected chi connectivity index (χ1v) is 8.37. The molecule has 0 aliphatic heterocycles. The molecular weight excluding hydrogens is 318 g/mol. The maximum atomic E-state index is 12.0. The minimum absolute atomic E-state index is 0.0221. The van der Waals surface area contributed by atoms with Crippen LogP contribution in [0, 0.1) is 25.2 Å². The molecule has 0 aliphatic carbocycles. The molecule has 2 aromatic rings. The highest BCUT2D eigenvalue weighted by Gasteiger charge is 2.13. The molecule has 7 nitrogen and oxygen atoms in total. The number of nitrogens with one attached hydrogen (secondary N) is 2. The number of aromatic amines is 1. The van der Waals surface area contributed by atoms with Crippen molar-refractivity contribution in [1.29, 1.82) is 5.26 Å². The molecule has 2 aromatic heterocycles. The number of pyridine rings is 1. The molecule has 0 aromatic carbocycles. The summed E-state index contributed by atoms with van der Waals surface area (Å²) in [6, 6.07) is 1.93. The summed E-state index contributed by atoms with van der Waals surface area (Å²) in [5, 5.41) is 12.0. The van der Waals surface area contributed by atoms with Gasteiger partial charge >= 0.3 is 0 Å². The zero-order valence-electron chi connectivity index (χ0n) is 14.6. The Bertz CT molecular complexity index is 815. The molecule has 132 valence electrons. The van der Waals surface area contributed by atoms with Gasteiger partial charge in [-0.25, -0.2) is 4.98 Å². The average molecular weight is 341 g/mol. The van der Waals surface area contributed by atoms with Crippen LogP contribution in [0.2, 0.25) is 0 Å². The van der Waals surface area contributed by atoms with E-state index < -0.39 is 0 Å². The van der Waals surface area contributed by atoms with Crippen molar-refractivity contribution in [2.24, 2.45) is 0 Å². The molecule has 0 radical (unpaired) electrons. The average Bonchev–Trinajstić information content (AvgIpc) is 3.07. The molecule has 0 saturated heterocycles. The van der Waals surface area contributed by atoms with Crippen LogP contribution in [0.15, 0.2) is 23.5 Å². The predicted molar refractivity (Wildman–Crippen MR) is 94.0 cm³/mol. The number of aryl methyl sites for hydroxylation is 2. The SMILES string of the molecule is Cc1[nH]c(=O)c(C#N)c(C)c1CCC(=O)NCCCCn1ccnc1. The number of amides is 1. The minimum atomic E-state index is -0.372. The molecule has 1 amide bonds. The van der Waals surface area contributed by atoms with E-state index in [1.54, 1.807) is 26.4 Å². The summed E-state index contributed by atoms with van der Waals surface area (Å²) in [6.45, 7) is 5.08. The number of hydrogen-bond acceptors (Lipinski definition) is 4. The fourth-order valence-electron chi connectivity index (χ4n) is 2.81. The number of nitrogens with zero attached hydrogens (tertiary/aromatic N) is 3. The highest BCUT2D eigenvalue weighted by atomic mass is 16.1. The molecule has 0 saturated carbocycles. The highest BCUT2D eigenvalue weighted by Crippen LogP contribution is 2.14. The van der Waals surface area contributed by atoms with E-state index in [9.17, 15) is 9.59 Å². The first-order chi connectivity index (χ1) is 12.0. The van der Waals surface area contributed by atoms with Gasteiger partial charge in [0.25, 0.3) is 5.56 Å². The second kappa shape index (κ2) is 8.83. The molecule has 7 heteroatoms. The van der Waals surface area contributed by atoms with Gasteiger partial charge in [0, 0.05) is 37.6 Å². The molecule has 0 atom stereocenters. The third kappa shape index (κ3) is 5.05. The Morgan fingerprint density at radius 2 is 2.20 bits per heavy atom. The van der Waals surface area contributed by atoms with Gasteiger partial charge in [-0.1, -0.05) is 0 Å². The van der Waals surface area contributed by atoms with E-state index in [0.717, 1.165) is 30.6 Å². The number of imidazole rings is 1. The quantitative estimate of drug-likeness (QED) is 0.712. The number of carbonyl (C=O) groups excluding carboxylic acids is 1. The van der Waals surface area contributed by atoms with Crippen molar-refractivity contribution in [2.45, 2.75) is 46.1 Å². The number of nitriles is 1. The lowest BCUT2D eigenvalue weighted by Crippen LogP contribution is -2.25. The minimum Gasteiger partial charge on any atom is -0.356 e. The maximum Gasteiger partial charge on any atom is 0.266 e. The predicted octanol–water partition coefficient (Wildman–Crippen LogP) is 1.59. The Kier molecular flexibility index (Phi) is 6.52. The van der Waals surface area contributed by atoms with Gasteiger partial charge in [-0.3, -0.25) is 9.59 Å². The van der Waals surface area contributed by atoms with Crippen LogP contribution in [0.3, 0.4) is 0 Å². The lowest BCUT2D eigenvalue weighted by atomic mass is 9.99. The molecule has 2 N–H and O–H groups in total. The van der Waals surface area contributed by atoms with E-state index in [1.807, 2.05) is 16.8 Å². The molecule has 2 rings (SSSR count). The molecule has 25 heavy (non-hydrogen) atoms. The van der Waals surface area contributed by atoms with E-state index >= 15 is 0 Å². The van der Waals surface area contributed by atoms with Gasteiger partial charge in [0.1, 0.15) is 11.6 Å². The molecule has 0 spiro atoms. The summed E-state index contributed by atoms with van der Waals surface area (Å²) >= 11 is 0. The first kappa shape index (κ1) is 18.5. The third-order valence-electron chi connectivity index (χ3n) is 4.25. The lowest BCUT2D eigenvalue weighted by molar-refractivity contribution is -0.121. The van der Waals surface area contributed by atoms with Crippen LogP contribution in [-0.2, 0) is 17.8 Å². The van der Waals surface area contributed by atoms with Gasteiger partial charge in [-0.2, -0.15) is 5.26 Å². The molecule has 0 aliphatic rings. The van der Waals surface area contributed by atoms with E-state index in [-0.39, 0.29) is 17.0 Å². The number of rotatable bonds is 8. The molecule has 0 bridgehead atoms. The summed E-state index contributed by atoms with van der Waals surface area (Å²) in [7, 11) is 0. The van der Waals surface area contributed by atoms with Crippen LogP contribution in [-0.4, -0.2) is 27.0 Å². The Labute approximate surface area is 146 Å². The largest absolute Gasteiger partial charge is 0.356 e. The molecule has 0 unspecified atom stereocenters. The van der Waals surface area contributed by atoms with Crippen LogP contribution in [0.4, 0.5) is 0 Å². The van der Waals surface area contributed by atoms with Crippen molar-refractivity contribution in [3.8, 4) is 6.07 Å². The fraction of sp³-hybridized carbons (Fsp3) is 0.444. The van der Waals surface area contributed by atoms with Gasteiger partial charge in [0.2, 0.25) is 5.91 Å². The fourth-order valence-corrected chi connectivity index (χ4v) is 2.81. The number of H-pyrrole nitrogens is 1. The Morgan fingerprint density at radius 3 is 2.88 bits per heavy atom. The molecule has 2 heterocycles. The summed E-state index contributed by atoms with van der Waals surface area (Å²) in [5.74, 6) is -0.0221. The van der Waals surface area contributed by atoms with Crippen LogP contribution in [0.5, 0.6) is 0 Å². The zero-order chi connectivity index (χ0) is 18.2. The van der Waals surface area contributed by atoms with Gasteiger partial charge in [0.15, 0.2) is 0 Å². The lowest BCUT2D eigenvalue weighted by Gasteiger charge is -2.11.